The molecular formula is C20H17N5O2S. The van der Waals surface area contributed by atoms with Gasteiger partial charge in [-0.2, -0.15) is 0 Å². The van der Waals surface area contributed by atoms with E-state index in [1.165, 1.54) is 15.9 Å². The monoisotopic (exact) mass is 391 g/mol. The fraction of sp³-hybridized carbons (Fsp3) is 0.150. The lowest BCUT2D eigenvalue weighted by molar-refractivity contribution is 0.102. The van der Waals surface area contributed by atoms with E-state index in [-0.39, 0.29) is 5.56 Å². The van der Waals surface area contributed by atoms with E-state index in [2.05, 4.69) is 20.5 Å². The van der Waals surface area contributed by atoms with Gasteiger partial charge in [0.25, 0.3) is 11.5 Å². The summed E-state index contributed by atoms with van der Waals surface area (Å²) in [6, 6.07) is 13.1. The van der Waals surface area contributed by atoms with Crippen molar-refractivity contribution in [1.82, 2.24) is 19.7 Å². The Balaban J connectivity index is 1.79. The molecule has 1 amide bonds. The Kier molecular flexibility index (Phi) is 4.70. The topological polar surface area (TPSA) is 89.8 Å². The van der Waals surface area contributed by atoms with Crippen molar-refractivity contribution in [3.63, 3.8) is 0 Å². The second-order valence-electron chi connectivity index (χ2n) is 6.43. The fourth-order valence-corrected chi connectivity index (χ4v) is 3.49. The molecule has 1 N–H and O–H groups in total. The molecule has 140 valence electrons. The molecule has 0 saturated carbocycles. The van der Waals surface area contributed by atoms with Gasteiger partial charge < -0.3 is 0 Å². The third-order valence-corrected chi connectivity index (χ3v) is 5.05. The Morgan fingerprint density at radius 3 is 2.64 bits per heavy atom. The summed E-state index contributed by atoms with van der Waals surface area (Å²) in [6.45, 7) is 4.13. The predicted octanol–water partition coefficient (Wildman–Crippen LogP) is 3.17. The normalized spacial score (nSPS) is 10.9. The number of amides is 1. The van der Waals surface area contributed by atoms with Gasteiger partial charge in [-0.15, -0.1) is 10.2 Å². The van der Waals surface area contributed by atoms with Gasteiger partial charge in [-0.3, -0.25) is 19.5 Å². The van der Waals surface area contributed by atoms with E-state index < -0.39 is 11.5 Å². The zero-order valence-electron chi connectivity index (χ0n) is 15.3. The van der Waals surface area contributed by atoms with Crippen LogP contribution in [-0.4, -0.2) is 25.7 Å². The minimum Gasteiger partial charge on any atom is -0.296 e. The van der Waals surface area contributed by atoms with Gasteiger partial charge >= 0.3 is 0 Å². The third kappa shape index (κ3) is 3.54. The number of nitrogens with zero attached hydrogens (tertiary/aromatic N) is 4. The number of pyridine rings is 2. The Labute approximate surface area is 164 Å². The SMILES string of the molecule is Cc1ccc(Cn2c(=O)c(C(=O)Nc3nnc(C)s3)cc3cccnc32)cc1. The van der Waals surface area contributed by atoms with Gasteiger partial charge in [0.05, 0.1) is 6.54 Å². The minimum absolute atomic E-state index is 0.0421. The molecule has 0 fully saturated rings. The van der Waals surface area contributed by atoms with Crippen molar-refractivity contribution in [3.05, 3.63) is 80.7 Å². The number of rotatable bonds is 4. The van der Waals surface area contributed by atoms with Gasteiger partial charge in [0.1, 0.15) is 16.2 Å². The van der Waals surface area contributed by atoms with Crippen LogP contribution in [0.5, 0.6) is 0 Å². The number of hydrogen-bond donors (Lipinski definition) is 1. The van der Waals surface area contributed by atoms with Crippen LogP contribution in [0.4, 0.5) is 5.13 Å². The van der Waals surface area contributed by atoms with Crippen molar-refractivity contribution in [1.29, 1.82) is 0 Å². The summed E-state index contributed by atoms with van der Waals surface area (Å²) < 4.78 is 1.53. The fourth-order valence-electron chi connectivity index (χ4n) is 2.90. The molecule has 0 bridgehead atoms. The highest BCUT2D eigenvalue weighted by Crippen LogP contribution is 2.17. The molecule has 1 aromatic carbocycles. The highest BCUT2D eigenvalue weighted by atomic mass is 32.1. The smallest absolute Gasteiger partial charge is 0.265 e. The molecule has 3 aromatic heterocycles. The molecule has 4 aromatic rings. The van der Waals surface area contributed by atoms with Crippen molar-refractivity contribution < 1.29 is 4.79 Å². The first-order chi connectivity index (χ1) is 13.5. The van der Waals surface area contributed by atoms with E-state index in [0.717, 1.165) is 16.1 Å². The van der Waals surface area contributed by atoms with E-state index in [0.29, 0.717) is 22.7 Å². The maximum atomic E-state index is 13.1. The van der Waals surface area contributed by atoms with Gasteiger partial charge in [-0.25, -0.2) is 4.98 Å². The maximum absolute atomic E-state index is 13.1. The number of fused-ring (bicyclic) bond motifs is 1. The van der Waals surface area contributed by atoms with Crippen LogP contribution >= 0.6 is 11.3 Å². The predicted molar refractivity (Wildman–Crippen MR) is 109 cm³/mol. The average Bonchev–Trinajstić information content (AvgIpc) is 3.10. The Hall–Kier alpha value is -3.39. The summed E-state index contributed by atoms with van der Waals surface area (Å²) in [7, 11) is 0. The molecule has 0 aliphatic carbocycles. The van der Waals surface area contributed by atoms with Gasteiger partial charge in [-0.1, -0.05) is 41.2 Å². The molecule has 7 nitrogen and oxygen atoms in total. The van der Waals surface area contributed by atoms with Gasteiger partial charge in [0.15, 0.2) is 0 Å². The molecule has 8 heteroatoms. The summed E-state index contributed by atoms with van der Waals surface area (Å²) in [5, 5.41) is 12.2. The molecular weight excluding hydrogens is 374 g/mol. The number of carbonyl (C=O) groups excluding carboxylic acids is 1. The summed E-state index contributed by atoms with van der Waals surface area (Å²) in [5.41, 5.74) is 2.28. The lowest BCUT2D eigenvalue weighted by atomic mass is 10.1. The van der Waals surface area contributed by atoms with Gasteiger partial charge in [0.2, 0.25) is 5.13 Å². The van der Waals surface area contributed by atoms with Gasteiger partial charge in [0, 0.05) is 11.6 Å². The van der Waals surface area contributed by atoms with Crippen LogP contribution in [0.3, 0.4) is 0 Å². The second-order valence-corrected chi connectivity index (χ2v) is 7.61. The summed E-state index contributed by atoms with van der Waals surface area (Å²) >= 11 is 1.25. The molecule has 0 radical (unpaired) electrons. The molecule has 28 heavy (non-hydrogen) atoms. The zero-order valence-corrected chi connectivity index (χ0v) is 16.2. The first-order valence-corrected chi connectivity index (χ1v) is 9.48. The lowest BCUT2D eigenvalue weighted by Gasteiger charge is -2.12. The Bertz CT molecular complexity index is 1230. The molecule has 0 aliphatic rings. The molecule has 0 saturated heterocycles. The second kappa shape index (κ2) is 7.32. The lowest BCUT2D eigenvalue weighted by Crippen LogP contribution is -2.30. The first-order valence-electron chi connectivity index (χ1n) is 8.67. The molecule has 0 unspecified atom stereocenters. The highest BCUT2D eigenvalue weighted by Gasteiger charge is 2.18. The van der Waals surface area contributed by atoms with Gasteiger partial charge in [-0.05, 0) is 37.6 Å². The van der Waals surface area contributed by atoms with Crippen molar-refractivity contribution >= 4 is 33.4 Å². The van der Waals surface area contributed by atoms with Crippen LogP contribution in [0.15, 0.2) is 53.5 Å². The standard InChI is InChI=1S/C20H17N5O2S/c1-12-5-7-14(8-6-12)11-25-17-15(4-3-9-21-17)10-16(19(25)27)18(26)22-20-24-23-13(2)28-20/h3-10H,11H2,1-2H3,(H,22,24,26). The van der Waals surface area contributed by atoms with Crippen molar-refractivity contribution in [3.8, 4) is 0 Å². The van der Waals surface area contributed by atoms with Crippen LogP contribution < -0.4 is 10.9 Å². The number of anilines is 1. The highest BCUT2D eigenvalue weighted by molar-refractivity contribution is 7.15. The minimum atomic E-state index is -0.510. The Morgan fingerprint density at radius 2 is 1.93 bits per heavy atom. The van der Waals surface area contributed by atoms with Crippen LogP contribution in [0.1, 0.15) is 26.5 Å². The number of carbonyl (C=O) groups is 1. The number of nitrogens with one attached hydrogen (secondary N) is 1. The number of aryl methyl sites for hydroxylation is 2. The zero-order chi connectivity index (χ0) is 19.7. The van der Waals surface area contributed by atoms with E-state index in [4.69, 9.17) is 0 Å². The summed E-state index contributed by atoms with van der Waals surface area (Å²) in [6.07, 6.45) is 1.64. The van der Waals surface area contributed by atoms with Crippen LogP contribution in [0.25, 0.3) is 11.0 Å². The number of benzene rings is 1. The van der Waals surface area contributed by atoms with E-state index in [1.807, 2.05) is 37.3 Å². The first kappa shape index (κ1) is 18.0. The molecule has 4 rings (SSSR count). The molecule has 0 spiro atoms. The van der Waals surface area contributed by atoms with E-state index in [9.17, 15) is 9.59 Å². The number of aromatic nitrogens is 4. The van der Waals surface area contributed by atoms with E-state index in [1.54, 1.807) is 25.3 Å². The maximum Gasteiger partial charge on any atom is 0.265 e. The quantitative estimate of drug-likeness (QED) is 0.577. The van der Waals surface area contributed by atoms with Crippen molar-refractivity contribution in [2.75, 3.05) is 5.32 Å². The molecule has 0 aliphatic heterocycles. The van der Waals surface area contributed by atoms with E-state index >= 15 is 0 Å². The van der Waals surface area contributed by atoms with Crippen molar-refractivity contribution in [2.24, 2.45) is 0 Å². The average molecular weight is 391 g/mol. The summed E-state index contributed by atoms with van der Waals surface area (Å²) in [5.74, 6) is -0.510. The van der Waals surface area contributed by atoms with Crippen LogP contribution in [0.2, 0.25) is 0 Å². The number of hydrogen-bond acceptors (Lipinski definition) is 6. The summed E-state index contributed by atoms with van der Waals surface area (Å²) in [4.78, 5) is 30.2. The molecule has 0 atom stereocenters. The van der Waals surface area contributed by atoms with Crippen LogP contribution in [0, 0.1) is 13.8 Å². The third-order valence-electron chi connectivity index (χ3n) is 4.30. The Morgan fingerprint density at radius 1 is 1.14 bits per heavy atom. The van der Waals surface area contributed by atoms with Crippen LogP contribution in [-0.2, 0) is 6.54 Å². The van der Waals surface area contributed by atoms with Crippen molar-refractivity contribution in [2.45, 2.75) is 20.4 Å². The molecule has 3 heterocycles. The largest absolute Gasteiger partial charge is 0.296 e.